The molecule has 3 nitrogen and oxygen atoms in total. The Morgan fingerprint density at radius 2 is 1.88 bits per heavy atom. The molecule has 0 bridgehead atoms. The van der Waals surface area contributed by atoms with E-state index in [4.69, 9.17) is 0 Å². The maximum Gasteiger partial charge on any atom is 0.136 e. The molecule has 0 atom stereocenters. The van der Waals surface area contributed by atoms with Crippen molar-refractivity contribution < 1.29 is 0 Å². The van der Waals surface area contributed by atoms with E-state index in [1.807, 2.05) is 20.3 Å². The molecule has 1 saturated carbocycles. The van der Waals surface area contributed by atoms with Crippen LogP contribution in [-0.2, 0) is 0 Å². The van der Waals surface area contributed by atoms with E-state index in [0.717, 1.165) is 11.5 Å². The summed E-state index contributed by atoms with van der Waals surface area (Å²) in [7, 11) is 4.06. The number of anilines is 2. The van der Waals surface area contributed by atoms with Crippen molar-refractivity contribution in [2.75, 3.05) is 24.3 Å². The van der Waals surface area contributed by atoms with Gasteiger partial charge in [0.15, 0.2) is 0 Å². The minimum absolute atomic E-state index is 0.658. The molecular formula is C14H17N3. The van der Waals surface area contributed by atoms with E-state index in [2.05, 4.69) is 39.5 Å². The van der Waals surface area contributed by atoms with Gasteiger partial charge in [-0.3, -0.25) is 0 Å². The molecule has 0 radical (unpaired) electrons. The molecule has 88 valence electrons. The third-order valence-electron chi connectivity index (χ3n) is 3.13. The molecule has 1 heterocycles. The molecule has 0 unspecified atom stereocenters. The molecule has 1 aromatic heterocycles. The van der Waals surface area contributed by atoms with Crippen LogP contribution in [0.15, 0.2) is 30.5 Å². The lowest BCUT2D eigenvalue weighted by molar-refractivity contribution is 1.08. The van der Waals surface area contributed by atoms with Gasteiger partial charge in [-0.15, -0.1) is 0 Å². The molecule has 1 fully saturated rings. The van der Waals surface area contributed by atoms with Crippen molar-refractivity contribution in [3.8, 4) is 0 Å². The van der Waals surface area contributed by atoms with Crippen molar-refractivity contribution in [3.63, 3.8) is 0 Å². The third-order valence-corrected chi connectivity index (χ3v) is 3.13. The summed E-state index contributed by atoms with van der Waals surface area (Å²) in [6.07, 6.45) is 4.52. The van der Waals surface area contributed by atoms with Gasteiger partial charge in [0.2, 0.25) is 0 Å². The minimum atomic E-state index is 0.658. The molecule has 17 heavy (non-hydrogen) atoms. The monoisotopic (exact) mass is 227 g/mol. The lowest BCUT2D eigenvalue weighted by atomic mass is 10.1. The molecule has 1 N–H and O–H groups in total. The van der Waals surface area contributed by atoms with Crippen molar-refractivity contribution in [2.24, 2.45) is 0 Å². The number of nitrogens with one attached hydrogen (secondary N) is 1. The summed E-state index contributed by atoms with van der Waals surface area (Å²) in [6.45, 7) is 0. The number of hydrogen-bond donors (Lipinski definition) is 1. The highest BCUT2D eigenvalue weighted by atomic mass is 15.1. The topological polar surface area (TPSA) is 28.2 Å². The third kappa shape index (κ3) is 1.93. The number of nitrogens with zero attached hydrogens (tertiary/aromatic N) is 2. The Bertz CT molecular complexity index is 544. The zero-order chi connectivity index (χ0) is 11.8. The Balaban J connectivity index is 2.14. The number of hydrogen-bond acceptors (Lipinski definition) is 3. The molecular weight excluding hydrogens is 210 g/mol. The molecule has 1 aliphatic carbocycles. The van der Waals surface area contributed by atoms with Crippen molar-refractivity contribution in [3.05, 3.63) is 30.5 Å². The highest BCUT2D eigenvalue weighted by Crippen LogP contribution is 2.32. The zero-order valence-electron chi connectivity index (χ0n) is 10.3. The minimum Gasteiger partial charge on any atom is -0.381 e. The molecule has 0 aliphatic heterocycles. The van der Waals surface area contributed by atoms with Gasteiger partial charge in [-0.2, -0.15) is 0 Å². The van der Waals surface area contributed by atoms with E-state index in [1.165, 1.54) is 23.6 Å². The number of aromatic nitrogens is 1. The number of pyridine rings is 1. The van der Waals surface area contributed by atoms with Crippen LogP contribution in [0.5, 0.6) is 0 Å². The van der Waals surface area contributed by atoms with Gasteiger partial charge < -0.3 is 10.2 Å². The predicted molar refractivity (Wildman–Crippen MR) is 72.7 cm³/mol. The highest BCUT2D eigenvalue weighted by Gasteiger charge is 2.22. The number of benzene rings is 1. The van der Waals surface area contributed by atoms with Gasteiger partial charge >= 0.3 is 0 Å². The molecule has 1 aliphatic rings. The Morgan fingerprint density at radius 1 is 1.18 bits per heavy atom. The van der Waals surface area contributed by atoms with E-state index < -0.39 is 0 Å². The molecule has 3 heteroatoms. The molecule has 1 aromatic carbocycles. The van der Waals surface area contributed by atoms with Gasteiger partial charge in [0.1, 0.15) is 5.82 Å². The molecule has 2 aromatic rings. The first-order chi connectivity index (χ1) is 8.25. The van der Waals surface area contributed by atoms with Crippen LogP contribution in [0.25, 0.3) is 10.8 Å². The average Bonchev–Trinajstić information content (AvgIpc) is 3.13. The zero-order valence-corrected chi connectivity index (χ0v) is 10.3. The van der Waals surface area contributed by atoms with Gasteiger partial charge in [-0.1, -0.05) is 24.3 Å². The Hall–Kier alpha value is -1.77. The molecule has 3 rings (SSSR count). The van der Waals surface area contributed by atoms with Gasteiger partial charge in [0, 0.05) is 30.9 Å². The first-order valence-electron chi connectivity index (χ1n) is 6.07. The summed E-state index contributed by atoms with van der Waals surface area (Å²) < 4.78 is 0. The number of fused-ring (bicyclic) bond motifs is 1. The lowest BCUT2D eigenvalue weighted by Gasteiger charge is -2.16. The van der Waals surface area contributed by atoms with Crippen LogP contribution in [0, 0.1) is 0 Å². The van der Waals surface area contributed by atoms with Gasteiger partial charge in [0.05, 0.1) is 11.9 Å². The van der Waals surface area contributed by atoms with Gasteiger partial charge in [-0.25, -0.2) is 4.98 Å². The van der Waals surface area contributed by atoms with Crippen LogP contribution < -0.4 is 10.2 Å². The average molecular weight is 227 g/mol. The fourth-order valence-corrected chi connectivity index (χ4v) is 2.10. The van der Waals surface area contributed by atoms with E-state index in [1.54, 1.807) is 0 Å². The first kappa shape index (κ1) is 10.4. The molecule has 0 spiro atoms. The predicted octanol–water partition coefficient (Wildman–Crippen LogP) is 2.88. The summed E-state index contributed by atoms with van der Waals surface area (Å²) in [5.74, 6) is 1.03. The second kappa shape index (κ2) is 3.91. The largest absolute Gasteiger partial charge is 0.381 e. The second-order valence-corrected chi connectivity index (χ2v) is 4.85. The van der Waals surface area contributed by atoms with Crippen LogP contribution >= 0.6 is 0 Å². The Labute approximate surface area is 101 Å². The van der Waals surface area contributed by atoms with Crippen LogP contribution in [0.2, 0.25) is 0 Å². The van der Waals surface area contributed by atoms with Crippen molar-refractivity contribution in [2.45, 2.75) is 18.9 Å². The Morgan fingerprint density at radius 3 is 2.53 bits per heavy atom. The van der Waals surface area contributed by atoms with E-state index >= 15 is 0 Å². The standard InChI is InChI=1S/C14H17N3/c1-17(2)14-12-6-4-3-5-11(12)13(9-15-14)16-10-7-8-10/h3-6,9-10,16H,7-8H2,1-2H3. The summed E-state index contributed by atoms with van der Waals surface area (Å²) in [5, 5.41) is 6.02. The van der Waals surface area contributed by atoms with Crippen LogP contribution in [0.1, 0.15) is 12.8 Å². The normalized spacial score (nSPS) is 14.9. The van der Waals surface area contributed by atoms with Gasteiger partial charge in [0.25, 0.3) is 0 Å². The SMILES string of the molecule is CN(C)c1ncc(NC2CC2)c2ccccc12. The Kier molecular flexibility index (Phi) is 2.39. The number of rotatable bonds is 3. The van der Waals surface area contributed by atoms with Gasteiger partial charge in [-0.05, 0) is 12.8 Å². The fourth-order valence-electron chi connectivity index (χ4n) is 2.10. The summed E-state index contributed by atoms with van der Waals surface area (Å²) in [6, 6.07) is 9.10. The van der Waals surface area contributed by atoms with Crippen LogP contribution in [0.4, 0.5) is 11.5 Å². The van der Waals surface area contributed by atoms with Crippen LogP contribution in [-0.4, -0.2) is 25.1 Å². The van der Waals surface area contributed by atoms with Crippen molar-refractivity contribution in [1.82, 2.24) is 4.98 Å². The summed E-state index contributed by atoms with van der Waals surface area (Å²) >= 11 is 0. The quantitative estimate of drug-likeness (QED) is 0.874. The maximum atomic E-state index is 4.55. The molecule has 0 amide bonds. The second-order valence-electron chi connectivity index (χ2n) is 4.85. The molecule has 0 saturated heterocycles. The van der Waals surface area contributed by atoms with E-state index in [0.29, 0.717) is 6.04 Å². The van der Waals surface area contributed by atoms with Crippen molar-refractivity contribution in [1.29, 1.82) is 0 Å². The smallest absolute Gasteiger partial charge is 0.136 e. The van der Waals surface area contributed by atoms with E-state index in [9.17, 15) is 0 Å². The fraction of sp³-hybridized carbons (Fsp3) is 0.357. The summed E-state index contributed by atoms with van der Waals surface area (Å²) in [5.41, 5.74) is 1.16. The maximum absolute atomic E-state index is 4.55. The lowest BCUT2D eigenvalue weighted by Crippen LogP contribution is -2.12. The van der Waals surface area contributed by atoms with Crippen molar-refractivity contribution >= 4 is 22.3 Å². The van der Waals surface area contributed by atoms with E-state index in [-0.39, 0.29) is 0 Å². The first-order valence-corrected chi connectivity index (χ1v) is 6.07. The van der Waals surface area contributed by atoms with Crippen LogP contribution in [0.3, 0.4) is 0 Å². The highest BCUT2D eigenvalue weighted by molar-refractivity contribution is 6.00. The summed E-state index contributed by atoms with van der Waals surface area (Å²) in [4.78, 5) is 6.61.